The summed E-state index contributed by atoms with van der Waals surface area (Å²) in [4.78, 5) is 0. The maximum absolute atomic E-state index is 7.99. The van der Waals surface area contributed by atoms with E-state index in [4.69, 9.17) is 15.9 Å². The number of hydrogen-bond donors (Lipinski definition) is 3. The van der Waals surface area contributed by atoms with Crippen LogP contribution in [0, 0.1) is 11.3 Å². The van der Waals surface area contributed by atoms with Crippen LogP contribution in [0.3, 0.4) is 0 Å². The average molecular weight is 460 g/mol. The minimum Gasteiger partial charge on any atom is -0.489 e. The van der Waals surface area contributed by atoms with Crippen LogP contribution >= 0.6 is 0 Å². The lowest BCUT2D eigenvalue weighted by Gasteiger charge is -2.45. The third-order valence-corrected chi connectivity index (χ3v) is 7.49. The van der Waals surface area contributed by atoms with Gasteiger partial charge in [-0.3, -0.25) is 5.41 Å². The van der Waals surface area contributed by atoms with Gasteiger partial charge in [0.1, 0.15) is 18.2 Å². The van der Waals surface area contributed by atoms with E-state index in [0.29, 0.717) is 12.5 Å². The normalized spacial score (nSPS) is 20.1. The summed E-state index contributed by atoms with van der Waals surface area (Å²) < 4.78 is 6.38. The molecule has 4 aromatic carbocycles. The quantitative estimate of drug-likeness (QED) is 0.238. The van der Waals surface area contributed by atoms with Gasteiger partial charge in [-0.15, -0.1) is 0 Å². The van der Waals surface area contributed by atoms with E-state index in [0.717, 1.165) is 35.4 Å². The van der Waals surface area contributed by atoms with Gasteiger partial charge >= 0.3 is 0 Å². The van der Waals surface area contributed by atoms with Crippen LogP contribution in [0.5, 0.6) is 5.75 Å². The van der Waals surface area contributed by atoms with E-state index in [9.17, 15) is 0 Å². The molecule has 0 radical (unpaired) electrons. The Kier molecular flexibility index (Phi) is 5.49. The molecule has 1 aliphatic carbocycles. The Bertz CT molecular complexity index is 1380. The van der Waals surface area contributed by atoms with Gasteiger partial charge in [0.05, 0.1) is 6.04 Å². The molecule has 3 unspecified atom stereocenters. The van der Waals surface area contributed by atoms with Crippen LogP contribution in [0.4, 0.5) is 5.69 Å². The van der Waals surface area contributed by atoms with Gasteiger partial charge in [-0.2, -0.15) is 0 Å². The van der Waals surface area contributed by atoms with Crippen LogP contribution in [0.2, 0.25) is 0 Å². The molecule has 4 nitrogen and oxygen atoms in total. The molecule has 0 saturated heterocycles. The topological polar surface area (TPSA) is 71.1 Å². The minimum atomic E-state index is 0.107. The Morgan fingerprint density at radius 3 is 2.43 bits per heavy atom. The summed E-state index contributed by atoms with van der Waals surface area (Å²) in [5, 5.41) is 11.8. The van der Waals surface area contributed by atoms with Crippen LogP contribution in [0.1, 0.15) is 51.8 Å². The molecule has 0 amide bonds. The molecule has 35 heavy (non-hydrogen) atoms. The van der Waals surface area contributed by atoms with Crippen molar-refractivity contribution in [3.8, 4) is 5.75 Å². The molecule has 4 aromatic rings. The zero-order valence-corrected chi connectivity index (χ0v) is 19.6. The molecule has 2 aliphatic rings. The zero-order chi connectivity index (χ0) is 23.8. The van der Waals surface area contributed by atoms with Crippen molar-refractivity contribution in [3.05, 3.63) is 130 Å². The summed E-state index contributed by atoms with van der Waals surface area (Å²) in [5.74, 6) is 1.63. The Hall–Kier alpha value is -4.05. The van der Waals surface area contributed by atoms with Gasteiger partial charge in [-0.25, -0.2) is 0 Å². The van der Waals surface area contributed by atoms with Crippen LogP contribution in [0.15, 0.2) is 97.1 Å². The van der Waals surface area contributed by atoms with E-state index < -0.39 is 0 Å². The van der Waals surface area contributed by atoms with Crippen molar-refractivity contribution in [1.29, 1.82) is 5.41 Å². The molecule has 0 fully saturated rings. The number of benzene rings is 4. The average Bonchev–Trinajstić information content (AvgIpc) is 2.91. The second-order valence-corrected chi connectivity index (χ2v) is 9.53. The van der Waals surface area contributed by atoms with Crippen molar-refractivity contribution < 1.29 is 4.74 Å². The summed E-state index contributed by atoms with van der Waals surface area (Å²) in [6.45, 7) is 0.542. The fourth-order valence-electron chi connectivity index (χ4n) is 5.85. The molecular formula is C31H29N3O. The number of nitrogens with two attached hydrogens (primary N) is 1. The number of anilines is 1. The Morgan fingerprint density at radius 2 is 1.60 bits per heavy atom. The zero-order valence-electron chi connectivity index (χ0n) is 19.6. The molecule has 174 valence electrons. The van der Waals surface area contributed by atoms with Gasteiger partial charge in [0.2, 0.25) is 0 Å². The highest BCUT2D eigenvalue weighted by Crippen LogP contribution is 2.53. The fraction of sp³-hybridized carbons (Fsp3) is 0.194. The van der Waals surface area contributed by atoms with E-state index in [2.05, 4.69) is 72.0 Å². The van der Waals surface area contributed by atoms with Gasteiger partial charge in [0.25, 0.3) is 0 Å². The molecule has 0 aromatic heterocycles. The molecule has 0 spiro atoms. The van der Waals surface area contributed by atoms with Crippen LogP contribution < -0.4 is 15.8 Å². The number of aryl methyl sites for hydroxylation is 1. The van der Waals surface area contributed by atoms with Gasteiger partial charge in [0, 0.05) is 22.7 Å². The van der Waals surface area contributed by atoms with Crippen molar-refractivity contribution >= 4 is 11.5 Å². The molecule has 0 bridgehead atoms. The first kappa shape index (κ1) is 21.5. The maximum Gasteiger partial charge on any atom is 0.125 e. The number of para-hydroxylation sites is 1. The van der Waals surface area contributed by atoms with Crippen molar-refractivity contribution in [2.24, 2.45) is 11.7 Å². The summed E-state index contributed by atoms with van der Waals surface area (Å²) in [7, 11) is 0. The van der Waals surface area contributed by atoms with Crippen molar-refractivity contribution in [3.63, 3.8) is 0 Å². The van der Waals surface area contributed by atoms with Gasteiger partial charge in [-0.1, -0.05) is 72.8 Å². The summed E-state index contributed by atoms with van der Waals surface area (Å²) in [6, 6.07) is 33.8. The molecule has 1 aliphatic heterocycles. The lowest BCUT2D eigenvalue weighted by atomic mass is 9.65. The Labute approximate surface area is 206 Å². The van der Waals surface area contributed by atoms with Crippen LogP contribution in [-0.4, -0.2) is 5.84 Å². The molecule has 4 heteroatoms. The predicted octanol–water partition coefficient (Wildman–Crippen LogP) is 6.41. The van der Waals surface area contributed by atoms with Crippen LogP contribution in [0.25, 0.3) is 0 Å². The molecular weight excluding hydrogens is 430 g/mol. The number of nitrogen functional groups attached to an aromatic ring is 1. The van der Waals surface area contributed by atoms with Gasteiger partial charge in [0.15, 0.2) is 0 Å². The summed E-state index contributed by atoms with van der Waals surface area (Å²) >= 11 is 0. The van der Waals surface area contributed by atoms with Crippen LogP contribution in [-0.2, 0) is 13.0 Å². The molecule has 0 saturated carbocycles. The van der Waals surface area contributed by atoms with Crippen molar-refractivity contribution in [1.82, 2.24) is 0 Å². The SMILES string of the molecule is N=C(N)c1ccc2c(c1)C1c3ccccc3CCC1C(c1ccccc1OCc1ccccc1)N2. The van der Waals surface area contributed by atoms with E-state index >= 15 is 0 Å². The fourth-order valence-corrected chi connectivity index (χ4v) is 5.85. The highest BCUT2D eigenvalue weighted by molar-refractivity contribution is 5.95. The number of amidine groups is 1. The monoisotopic (exact) mass is 459 g/mol. The predicted molar refractivity (Wildman–Crippen MR) is 141 cm³/mol. The second-order valence-electron chi connectivity index (χ2n) is 9.53. The number of hydrogen-bond acceptors (Lipinski definition) is 3. The Morgan fingerprint density at radius 1 is 0.857 bits per heavy atom. The number of fused-ring (bicyclic) bond motifs is 5. The third-order valence-electron chi connectivity index (χ3n) is 7.49. The standard InChI is InChI=1S/C31H29N3O/c32-31(33)22-15-17-27-26(18-22)29-23-11-5-4-10-21(23)14-16-25(29)30(34-27)24-12-6-7-13-28(24)35-19-20-8-2-1-3-9-20/h1-13,15,17-18,25,29-30,34H,14,16,19H2,(H3,32,33). The van der Waals surface area contributed by atoms with Gasteiger partial charge < -0.3 is 15.8 Å². The second kappa shape index (κ2) is 8.95. The lowest BCUT2D eigenvalue weighted by Crippen LogP contribution is -2.36. The first-order valence-electron chi connectivity index (χ1n) is 12.3. The minimum absolute atomic E-state index is 0.107. The molecule has 3 atom stereocenters. The highest BCUT2D eigenvalue weighted by Gasteiger charge is 2.42. The van der Waals surface area contributed by atoms with Gasteiger partial charge in [-0.05, 0) is 65.3 Å². The van der Waals surface area contributed by atoms with Crippen molar-refractivity contribution in [2.75, 3.05) is 5.32 Å². The first-order chi connectivity index (χ1) is 17.2. The molecule has 6 rings (SSSR count). The highest BCUT2D eigenvalue weighted by atomic mass is 16.5. The van der Waals surface area contributed by atoms with Crippen molar-refractivity contribution in [2.45, 2.75) is 31.4 Å². The van der Waals surface area contributed by atoms with E-state index in [1.54, 1.807) is 0 Å². The molecule has 1 heterocycles. The van der Waals surface area contributed by atoms with E-state index in [1.165, 1.54) is 22.3 Å². The number of nitrogens with one attached hydrogen (secondary N) is 2. The maximum atomic E-state index is 7.99. The number of ether oxygens (including phenoxy) is 1. The Balaban J connectivity index is 1.43. The smallest absolute Gasteiger partial charge is 0.125 e. The lowest BCUT2D eigenvalue weighted by molar-refractivity contribution is 0.290. The molecule has 4 N–H and O–H groups in total. The summed E-state index contributed by atoms with van der Waals surface area (Å²) in [5.41, 5.74) is 14.1. The summed E-state index contributed by atoms with van der Waals surface area (Å²) in [6.07, 6.45) is 2.14. The largest absolute Gasteiger partial charge is 0.489 e. The third kappa shape index (κ3) is 3.95. The van der Waals surface area contributed by atoms with E-state index in [1.807, 2.05) is 30.3 Å². The van der Waals surface area contributed by atoms with E-state index in [-0.39, 0.29) is 17.8 Å². The first-order valence-corrected chi connectivity index (χ1v) is 12.3. The number of rotatable bonds is 5.